The van der Waals surface area contributed by atoms with E-state index in [1.54, 1.807) is 12.1 Å². The zero-order valence-electron chi connectivity index (χ0n) is 11.2. The van der Waals surface area contributed by atoms with Crippen LogP contribution < -0.4 is 10.6 Å². The molecular formula is C14H11ClF2N2O2S. The predicted molar refractivity (Wildman–Crippen MR) is 79.9 cm³/mol. The molecule has 0 radical (unpaired) electrons. The van der Waals surface area contributed by atoms with Gasteiger partial charge in [0, 0.05) is 16.5 Å². The Kier molecular flexibility index (Phi) is 5.46. The predicted octanol–water partition coefficient (Wildman–Crippen LogP) is 2.73. The average Bonchev–Trinajstić information content (AvgIpc) is 2.87. The first-order chi connectivity index (χ1) is 10.4. The molecule has 1 aromatic carbocycles. The molecule has 8 heteroatoms. The Labute approximate surface area is 134 Å². The lowest BCUT2D eigenvalue weighted by Gasteiger charge is -2.06. The van der Waals surface area contributed by atoms with Gasteiger partial charge in [-0.25, -0.2) is 8.78 Å². The Bertz CT molecular complexity index is 686. The fourth-order valence-corrected chi connectivity index (χ4v) is 2.67. The van der Waals surface area contributed by atoms with E-state index in [1.165, 1.54) is 11.3 Å². The molecule has 0 unspecified atom stereocenters. The van der Waals surface area contributed by atoms with Crippen molar-refractivity contribution in [3.63, 3.8) is 0 Å². The van der Waals surface area contributed by atoms with Crippen LogP contribution in [-0.2, 0) is 11.3 Å². The minimum atomic E-state index is -0.857. The quantitative estimate of drug-likeness (QED) is 0.876. The summed E-state index contributed by atoms with van der Waals surface area (Å²) in [6, 6.07) is 5.94. The van der Waals surface area contributed by atoms with Crippen LogP contribution in [0, 0.1) is 11.6 Å². The second-order valence-electron chi connectivity index (χ2n) is 4.32. The zero-order chi connectivity index (χ0) is 16.1. The standard InChI is InChI=1S/C14H11ClF2N2O2S/c15-12-2-1-11(22-12)6-18-13(20)7-19-14(21)8-3-9(16)5-10(17)4-8/h1-5H,6-7H2,(H,18,20)(H,19,21). The van der Waals surface area contributed by atoms with Crippen molar-refractivity contribution in [2.45, 2.75) is 6.54 Å². The monoisotopic (exact) mass is 344 g/mol. The van der Waals surface area contributed by atoms with E-state index in [0.717, 1.165) is 17.0 Å². The summed E-state index contributed by atoms with van der Waals surface area (Å²) in [5, 5.41) is 4.88. The molecule has 0 aliphatic carbocycles. The summed E-state index contributed by atoms with van der Waals surface area (Å²) in [7, 11) is 0. The van der Waals surface area contributed by atoms with Crippen LogP contribution >= 0.6 is 22.9 Å². The Balaban J connectivity index is 1.81. The average molecular weight is 345 g/mol. The van der Waals surface area contributed by atoms with Gasteiger partial charge in [-0.1, -0.05) is 11.6 Å². The van der Waals surface area contributed by atoms with Crippen molar-refractivity contribution < 1.29 is 18.4 Å². The van der Waals surface area contributed by atoms with E-state index in [1.807, 2.05) is 0 Å². The highest BCUT2D eigenvalue weighted by atomic mass is 35.5. The molecular weight excluding hydrogens is 334 g/mol. The molecule has 0 atom stereocenters. The van der Waals surface area contributed by atoms with Gasteiger partial charge in [0.05, 0.1) is 17.4 Å². The summed E-state index contributed by atoms with van der Waals surface area (Å²) in [5.74, 6) is -2.86. The van der Waals surface area contributed by atoms with Crippen LogP contribution in [0.3, 0.4) is 0 Å². The molecule has 1 aromatic heterocycles. The minimum absolute atomic E-state index is 0.185. The van der Waals surface area contributed by atoms with Crippen molar-refractivity contribution in [1.82, 2.24) is 10.6 Å². The maximum atomic E-state index is 13.0. The van der Waals surface area contributed by atoms with Crippen LogP contribution in [0.25, 0.3) is 0 Å². The summed E-state index contributed by atoms with van der Waals surface area (Å²) in [6.45, 7) is -0.00322. The molecule has 0 aliphatic heterocycles. The number of hydrogen-bond donors (Lipinski definition) is 2. The first-order valence-corrected chi connectivity index (χ1v) is 7.38. The van der Waals surface area contributed by atoms with Gasteiger partial charge in [0.25, 0.3) is 5.91 Å². The molecule has 0 saturated heterocycles. The zero-order valence-corrected chi connectivity index (χ0v) is 12.7. The molecule has 2 aromatic rings. The fraction of sp³-hybridized carbons (Fsp3) is 0.143. The Hall–Kier alpha value is -1.99. The SMILES string of the molecule is O=C(CNC(=O)c1cc(F)cc(F)c1)NCc1ccc(Cl)s1. The van der Waals surface area contributed by atoms with Crippen LogP contribution in [0.4, 0.5) is 8.78 Å². The smallest absolute Gasteiger partial charge is 0.251 e. The van der Waals surface area contributed by atoms with Crippen LogP contribution in [-0.4, -0.2) is 18.4 Å². The Morgan fingerprint density at radius 3 is 2.36 bits per heavy atom. The van der Waals surface area contributed by atoms with Crippen molar-refractivity contribution in [3.8, 4) is 0 Å². The topological polar surface area (TPSA) is 58.2 Å². The highest BCUT2D eigenvalue weighted by Gasteiger charge is 2.11. The van der Waals surface area contributed by atoms with Crippen LogP contribution in [0.1, 0.15) is 15.2 Å². The number of carbonyl (C=O) groups excluding carboxylic acids is 2. The summed E-state index contributed by atoms with van der Waals surface area (Å²) >= 11 is 7.09. The number of carbonyl (C=O) groups is 2. The van der Waals surface area contributed by atoms with E-state index in [4.69, 9.17) is 11.6 Å². The lowest BCUT2D eigenvalue weighted by molar-refractivity contribution is -0.120. The largest absolute Gasteiger partial charge is 0.350 e. The number of amides is 2. The van der Waals surface area contributed by atoms with E-state index >= 15 is 0 Å². The van der Waals surface area contributed by atoms with Crippen LogP contribution in [0.15, 0.2) is 30.3 Å². The van der Waals surface area contributed by atoms with Crippen molar-refractivity contribution in [1.29, 1.82) is 0 Å². The third-order valence-corrected chi connectivity index (χ3v) is 3.85. The van der Waals surface area contributed by atoms with E-state index < -0.39 is 23.4 Å². The first kappa shape index (κ1) is 16.4. The molecule has 0 bridgehead atoms. The number of thiophene rings is 1. The molecule has 0 saturated carbocycles. The molecule has 22 heavy (non-hydrogen) atoms. The van der Waals surface area contributed by atoms with E-state index in [2.05, 4.69) is 10.6 Å². The third-order valence-electron chi connectivity index (χ3n) is 2.62. The molecule has 0 aliphatic rings. The molecule has 0 spiro atoms. The number of rotatable bonds is 5. The van der Waals surface area contributed by atoms with Gasteiger partial charge in [0.15, 0.2) is 0 Å². The summed E-state index contributed by atoms with van der Waals surface area (Å²) < 4.78 is 26.6. The lowest BCUT2D eigenvalue weighted by atomic mass is 10.2. The van der Waals surface area contributed by atoms with Gasteiger partial charge in [0.2, 0.25) is 5.91 Å². The van der Waals surface area contributed by atoms with Gasteiger partial charge in [-0.2, -0.15) is 0 Å². The van der Waals surface area contributed by atoms with Crippen molar-refractivity contribution >= 4 is 34.8 Å². The molecule has 0 fully saturated rings. The van der Waals surface area contributed by atoms with E-state index in [9.17, 15) is 18.4 Å². The number of halogens is 3. The molecule has 116 valence electrons. The van der Waals surface area contributed by atoms with E-state index in [-0.39, 0.29) is 12.1 Å². The van der Waals surface area contributed by atoms with E-state index in [0.29, 0.717) is 16.9 Å². The van der Waals surface area contributed by atoms with Gasteiger partial charge >= 0.3 is 0 Å². The Morgan fingerprint density at radius 1 is 1.09 bits per heavy atom. The van der Waals surface area contributed by atoms with Gasteiger partial charge in [-0.05, 0) is 24.3 Å². The molecule has 1 heterocycles. The fourth-order valence-electron chi connectivity index (χ4n) is 1.64. The van der Waals surface area contributed by atoms with Crippen LogP contribution in [0.2, 0.25) is 4.34 Å². The second-order valence-corrected chi connectivity index (χ2v) is 6.12. The normalized spacial score (nSPS) is 10.3. The summed E-state index contributed by atoms with van der Waals surface area (Å²) in [4.78, 5) is 24.2. The van der Waals surface area contributed by atoms with Crippen LogP contribution in [0.5, 0.6) is 0 Å². The lowest BCUT2D eigenvalue weighted by Crippen LogP contribution is -2.36. The highest BCUT2D eigenvalue weighted by molar-refractivity contribution is 7.16. The summed E-state index contributed by atoms with van der Waals surface area (Å²) in [5.41, 5.74) is -0.185. The van der Waals surface area contributed by atoms with Gasteiger partial charge in [0.1, 0.15) is 11.6 Å². The van der Waals surface area contributed by atoms with Crippen molar-refractivity contribution in [2.75, 3.05) is 6.54 Å². The van der Waals surface area contributed by atoms with Crippen molar-refractivity contribution in [3.05, 3.63) is 56.7 Å². The van der Waals surface area contributed by atoms with Gasteiger partial charge < -0.3 is 10.6 Å². The van der Waals surface area contributed by atoms with Gasteiger partial charge in [-0.15, -0.1) is 11.3 Å². The molecule has 4 nitrogen and oxygen atoms in total. The second kappa shape index (κ2) is 7.33. The number of hydrogen-bond acceptors (Lipinski definition) is 3. The maximum Gasteiger partial charge on any atom is 0.251 e. The number of nitrogens with one attached hydrogen (secondary N) is 2. The van der Waals surface area contributed by atoms with Crippen molar-refractivity contribution in [2.24, 2.45) is 0 Å². The minimum Gasteiger partial charge on any atom is -0.350 e. The third kappa shape index (κ3) is 4.78. The maximum absolute atomic E-state index is 13.0. The highest BCUT2D eigenvalue weighted by Crippen LogP contribution is 2.20. The molecule has 2 amide bonds. The number of benzene rings is 1. The Morgan fingerprint density at radius 2 is 1.77 bits per heavy atom. The van der Waals surface area contributed by atoms with Gasteiger partial charge in [-0.3, -0.25) is 9.59 Å². The molecule has 2 rings (SSSR count). The molecule has 2 N–H and O–H groups in total. The summed E-state index contributed by atoms with van der Waals surface area (Å²) in [6.07, 6.45) is 0. The first-order valence-electron chi connectivity index (χ1n) is 6.19.